The summed E-state index contributed by atoms with van der Waals surface area (Å²) in [5.74, 6) is 0. The van der Waals surface area contributed by atoms with Crippen LogP contribution in [0, 0.1) is 0 Å². The van der Waals surface area contributed by atoms with E-state index in [-0.39, 0.29) is 5.41 Å². The minimum absolute atomic E-state index is 0.0966. The van der Waals surface area contributed by atoms with E-state index >= 15 is 0 Å². The van der Waals surface area contributed by atoms with Gasteiger partial charge in [-0.3, -0.25) is 0 Å². The summed E-state index contributed by atoms with van der Waals surface area (Å²) < 4.78 is 1.84. The van der Waals surface area contributed by atoms with E-state index in [4.69, 9.17) is 0 Å². The second kappa shape index (κ2) is 3.23. The molecule has 1 aromatic heterocycles. The molecular formula is C8H17N4+. The minimum atomic E-state index is 0.0966. The van der Waals surface area contributed by atoms with Gasteiger partial charge in [-0.2, -0.15) is 0 Å². The minimum Gasteiger partial charge on any atom is -0.356 e. The van der Waals surface area contributed by atoms with Gasteiger partial charge in [0, 0.05) is 11.6 Å². The molecule has 3 N–H and O–H groups in total. The van der Waals surface area contributed by atoms with Gasteiger partial charge in [0.25, 0.3) is 0 Å². The Morgan fingerprint density at radius 3 is 2.58 bits per heavy atom. The summed E-state index contributed by atoms with van der Waals surface area (Å²) in [5, 5.41) is 8.09. The number of nitrogens with zero attached hydrogens (tertiary/aromatic N) is 3. The fourth-order valence-corrected chi connectivity index (χ4v) is 0.913. The first-order valence-electron chi connectivity index (χ1n) is 4.24. The molecule has 0 fully saturated rings. The molecule has 0 aliphatic heterocycles. The summed E-state index contributed by atoms with van der Waals surface area (Å²) in [5.41, 5.74) is 4.90. The molecule has 0 atom stereocenters. The Bertz CT molecular complexity index is 246. The van der Waals surface area contributed by atoms with Crippen molar-refractivity contribution in [2.75, 3.05) is 6.54 Å². The van der Waals surface area contributed by atoms with E-state index < -0.39 is 0 Å². The molecule has 0 aliphatic rings. The smallest absolute Gasteiger partial charge is 0.0939 e. The molecule has 1 heterocycles. The van der Waals surface area contributed by atoms with E-state index in [1.807, 2.05) is 10.9 Å². The highest BCUT2D eigenvalue weighted by atomic mass is 15.4. The third kappa shape index (κ3) is 2.04. The summed E-state index contributed by atoms with van der Waals surface area (Å²) >= 11 is 0. The molecule has 0 bridgehead atoms. The van der Waals surface area contributed by atoms with Gasteiger partial charge in [-0.1, -0.05) is 26.0 Å². The zero-order chi connectivity index (χ0) is 9.19. The molecule has 0 aliphatic carbocycles. The molecule has 1 aromatic rings. The van der Waals surface area contributed by atoms with E-state index in [0.29, 0.717) is 0 Å². The highest BCUT2D eigenvalue weighted by Crippen LogP contribution is 2.18. The first-order valence-corrected chi connectivity index (χ1v) is 4.24. The van der Waals surface area contributed by atoms with Crippen LogP contribution in [-0.4, -0.2) is 21.5 Å². The number of rotatable bonds is 2. The van der Waals surface area contributed by atoms with E-state index in [1.54, 1.807) is 0 Å². The Hall–Kier alpha value is -0.900. The SMILES string of the molecule is CC(C)(C)c1cn(CC[NH3+])nn1. The lowest BCUT2D eigenvalue weighted by atomic mass is 9.93. The average molecular weight is 169 g/mol. The van der Waals surface area contributed by atoms with Gasteiger partial charge in [0.05, 0.1) is 18.8 Å². The molecule has 4 heteroatoms. The van der Waals surface area contributed by atoms with Crippen molar-refractivity contribution < 1.29 is 5.73 Å². The van der Waals surface area contributed by atoms with Crippen LogP contribution in [0.3, 0.4) is 0 Å². The number of hydrogen-bond acceptors (Lipinski definition) is 2. The Morgan fingerprint density at radius 2 is 2.17 bits per heavy atom. The molecule has 0 aromatic carbocycles. The Kier molecular flexibility index (Phi) is 2.47. The molecule has 0 saturated carbocycles. The van der Waals surface area contributed by atoms with Gasteiger partial charge < -0.3 is 5.73 Å². The van der Waals surface area contributed by atoms with Crippen molar-refractivity contribution >= 4 is 0 Å². The molecular weight excluding hydrogens is 152 g/mol. The first kappa shape index (κ1) is 9.19. The highest BCUT2D eigenvalue weighted by Gasteiger charge is 2.17. The maximum atomic E-state index is 4.09. The first-order chi connectivity index (χ1) is 5.54. The third-order valence-corrected chi connectivity index (χ3v) is 1.69. The van der Waals surface area contributed by atoms with Gasteiger partial charge >= 0.3 is 0 Å². The molecule has 0 radical (unpaired) electrons. The lowest BCUT2D eigenvalue weighted by Gasteiger charge is -2.12. The van der Waals surface area contributed by atoms with E-state index in [1.165, 1.54) is 0 Å². The monoisotopic (exact) mass is 169 g/mol. The Labute approximate surface area is 72.8 Å². The molecule has 0 amide bonds. The molecule has 0 spiro atoms. The quantitative estimate of drug-likeness (QED) is 0.667. The zero-order valence-corrected chi connectivity index (χ0v) is 8.04. The summed E-state index contributed by atoms with van der Waals surface area (Å²) in [4.78, 5) is 0. The van der Waals surface area contributed by atoms with Crippen molar-refractivity contribution in [2.45, 2.75) is 32.7 Å². The van der Waals surface area contributed by atoms with Crippen molar-refractivity contribution in [3.63, 3.8) is 0 Å². The van der Waals surface area contributed by atoms with Crippen LogP contribution >= 0.6 is 0 Å². The van der Waals surface area contributed by atoms with Gasteiger partial charge in [-0.15, -0.1) is 5.10 Å². The second-order valence-electron chi connectivity index (χ2n) is 3.97. The molecule has 0 saturated heterocycles. The van der Waals surface area contributed by atoms with Crippen LogP contribution in [0.15, 0.2) is 6.20 Å². The summed E-state index contributed by atoms with van der Waals surface area (Å²) in [6, 6.07) is 0. The van der Waals surface area contributed by atoms with Crippen LogP contribution in [0.25, 0.3) is 0 Å². The number of hydrogen-bond donors (Lipinski definition) is 1. The van der Waals surface area contributed by atoms with Crippen molar-refractivity contribution in [1.82, 2.24) is 15.0 Å². The van der Waals surface area contributed by atoms with E-state index in [2.05, 4.69) is 36.8 Å². The Balaban J connectivity index is 2.77. The predicted octanol–water partition coefficient (Wildman–Crippen LogP) is -0.182. The van der Waals surface area contributed by atoms with Crippen molar-refractivity contribution in [3.05, 3.63) is 11.9 Å². The number of aromatic nitrogens is 3. The summed E-state index contributed by atoms with van der Waals surface area (Å²) in [7, 11) is 0. The molecule has 1 rings (SSSR count). The second-order valence-corrected chi connectivity index (χ2v) is 3.97. The topological polar surface area (TPSA) is 58.4 Å². The number of quaternary nitrogens is 1. The predicted molar refractivity (Wildman–Crippen MR) is 46.5 cm³/mol. The van der Waals surface area contributed by atoms with Gasteiger partial charge in [-0.25, -0.2) is 4.68 Å². The van der Waals surface area contributed by atoms with Gasteiger partial charge in [-0.05, 0) is 0 Å². The summed E-state index contributed by atoms with van der Waals surface area (Å²) in [6.07, 6.45) is 1.99. The summed E-state index contributed by atoms with van der Waals surface area (Å²) in [6.45, 7) is 8.10. The van der Waals surface area contributed by atoms with Gasteiger partial charge in [0.15, 0.2) is 0 Å². The lowest BCUT2D eigenvalue weighted by Crippen LogP contribution is -2.52. The van der Waals surface area contributed by atoms with Crippen LogP contribution in [0.5, 0.6) is 0 Å². The average Bonchev–Trinajstić information content (AvgIpc) is 2.35. The zero-order valence-electron chi connectivity index (χ0n) is 8.04. The standard InChI is InChI=1S/C8H16N4/c1-8(2,3)7-6-12(5-4-9)11-10-7/h6H,4-5,9H2,1-3H3/p+1. The van der Waals surface area contributed by atoms with Gasteiger partial charge in [0.1, 0.15) is 0 Å². The molecule has 12 heavy (non-hydrogen) atoms. The fraction of sp³-hybridized carbons (Fsp3) is 0.750. The molecule has 68 valence electrons. The normalized spacial score (nSPS) is 12.0. The van der Waals surface area contributed by atoms with Crippen LogP contribution in [0.1, 0.15) is 26.5 Å². The van der Waals surface area contributed by atoms with Gasteiger partial charge in [0.2, 0.25) is 0 Å². The maximum Gasteiger partial charge on any atom is 0.0939 e. The lowest BCUT2D eigenvalue weighted by molar-refractivity contribution is -0.370. The van der Waals surface area contributed by atoms with Crippen molar-refractivity contribution in [1.29, 1.82) is 0 Å². The Morgan fingerprint density at radius 1 is 1.50 bits per heavy atom. The van der Waals surface area contributed by atoms with Crippen LogP contribution < -0.4 is 5.73 Å². The largest absolute Gasteiger partial charge is 0.356 e. The van der Waals surface area contributed by atoms with Crippen LogP contribution in [0.4, 0.5) is 0 Å². The molecule has 4 nitrogen and oxygen atoms in total. The van der Waals surface area contributed by atoms with E-state index in [0.717, 1.165) is 18.8 Å². The maximum absolute atomic E-state index is 4.09. The van der Waals surface area contributed by atoms with Crippen LogP contribution in [0.2, 0.25) is 0 Å². The fourth-order valence-electron chi connectivity index (χ4n) is 0.913. The third-order valence-electron chi connectivity index (χ3n) is 1.69. The van der Waals surface area contributed by atoms with E-state index in [9.17, 15) is 0 Å². The highest BCUT2D eigenvalue weighted by molar-refractivity contribution is 5.06. The van der Waals surface area contributed by atoms with Crippen molar-refractivity contribution in [3.8, 4) is 0 Å². The van der Waals surface area contributed by atoms with Crippen LogP contribution in [-0.2, 0) is 12.0 Å². The molecule has 0 unspecified atom stereocenters. The van der Waals surface area contributed by atoms with Crippen molar-refractivity contribution in [2.24, 2.45) is 0 Å².